The number of amides is 1. The summed E-state index contributed by atoms with van der Waals surface area (Å²) < 4.78 is 16.2. The highest BCUT2D eigenvalue weighted by molar-refractivity contribution is 5.95. The van der Waals surface area contributed by atoms with Crippen LogP contribution in [-0.2, 0) is 4.79 Å². The second-order valence-electron chi connectivity index (χ2n) is 5.38. The van der Waals surface area contributed by atoms with Crippen LogP contribution in [0.5, 0.6) is 17.2 Å². The van der Waals surface area contributed by atoms with Crippen LogP contribution in [0.2, 0.25) is 0 Å². The number of nitrogens with one attached hydrogen (secondary N) is 1. The number of rotatable bonds is 7. The maximum absolute atomic E-state index is 12.5. The van der Waals surface area contributed by atoms with Gasteiger partial charge in [0.25, 0.3) is 5.91 Å². The van der Waals surface area contributed by atoms with Gasteiger partial charge in [-0.3, -0.25) is 4.79 Å². The third-order valence-electron chi connectivity index (χ3n) is 3.63. The Labute approximate surface area is 142 Å². The molecule has 1 atom stereocenters. The molecule has 0 spiro atoms. The van der Waals surface area contributed by atoms with E-state index >= 15 is 0 Å². The minimum Gasteiger partial charge on any atom is -0.497 e. The minimum absolute atomic E-state index is 0.221. The molecular formula is C19H23NO4. The molecule has 0 aliphatic rings. The quantitative estimate of drug-likeness (QED) is 0.839. The third-order valence-corrected chi connectivity index (χ3v) is 3.63. The Hall–Kier alpha value is -2.69. The van der Waals surface area contributed by atoms with Crippen LogP contribution < -0.4 is 19.5 Å². The van der Waals surface area contributed by atoms with E-state index in [0.717, 1.165) is 5.56 Å². The van der Waals surface area contributed by atoms with Crippen LogP contribution in [0.1, 0.15) is 18.9 Å². The largest absolute Gasteiger partial charge is 0.497 e. The molecule has 0 aliphatic heterocycles. The molecule has 0 radical (unpaired) electrons. The lowest BCUT2D eigenvalue weighted by molar-refractivity contribution is -0.122. The van der Waals surface area contributed by atoms with Gasteiger partial charge < -0.3 is 19.5 Å². The van der Waals surface area contributed by atoms with E-state index in [0.29, 0.717) is 29.4 Å². The molecule has 1 N–H and O–H groups in total. The van der Waals surface area contributed by atoms with Gasteiger partial charge in [0, 0.05) is 6.07 Å². The lowest BCUT2D eigenvalue weighted by Crippen LogP contribution is -2.32. The van der Waals surface area contributed by atoms with Gasteiger partial charge >= 0.3 is 0 Å². The highest BCUT2D eigenvalue weighted by atomic mass is 16.5. The number of aryl methyl sites for hydroxylation is 1. The van der Waals surface area contributed by atoms with E-state index in [2.05, 4.69) is 5.32 Å². The van der Waals surface area contributed by atoms with Crippen LogP contribution in [0, 0.1) is 6.92 Å². The van der Waals surface area contributed by atoms with Crippen molar-refractivity contribution in [1.29, 1.82) is 0 Å². The highest BCUT2D eigenvalue weighted by Crippen LogP contribution is 2.29. The number of carbonyl (C=O) groups excluding carboxylic acids is 1. The molecule has 0 fully saturated rings. The molecule has 1 unspecified atom stereocenters. The molecule has 0 aliphatic carbocycles. The van der Waals surface area contributed by atoms with E-state index in [1.165, 1.54) is 0 Å². The van der Waals surface area contributed by atoms with Gasteiger partial charge in [0.15, 0.2) is 6.10 Å². The molecule has 1 amide bonds. The van der Waals surface area contributed by atoms with Crippen molar-refractivity contribution in [3.05, 3.63) is 48.0 Å². The molecule has 2 rings (SSSR count). The zero-order valence-corrected chi connectivity index (χ0v) is 14.5. The zero-order chi connectivity index (χ0) is 17.5. The van der Waals surface area contributed by atoms with Crippen LogP contribution in [0.4, 0.5) is 5.69 Å². The van der Waals surface area contributed by atoms with Gasteiger partial charge in [0.05, 0.1) is 19.9 Å². The summed E-state index contributed by atoms with van der Waals surface area (Å²) >= 11 is 0. The summed E-state index contributed by atoms with van der Waals surface area (Å²) in [5.74, 6) is 1.64. The Bertz CT molecular complexity index is 682. The zero-order valence-electron chi connectivity index (χ0n) is 14.5. The molecule has 24 heavy (non-hydrogen) atoms. The molecule has 0 saturated heterocycles. The normalized spacial score (nSPS) is 11.5. The number of ether oxygens (including phenoxy) is 3. The first-order valence-electron chi connectivity index (χ1n) is 7.83. The topological polar surface area (TPSA) is 56.8 Å². The molecule has 2 aromatic carbocycles. The lowest BCUT2D eigenvalue weighted by atomic mass is 10.2. The fourth-order valence-electron chi connectivity index (χ4n) is 2.22. The van der Waals surface area contributed by atoms with Crippen LogP contribution >= 0.6 is 0 Å². The van der Waals surface area contributed by atoms with Crippen molar-refractivity contribution in [3.8, 4) is 17.2 Å². The predicted molar refractivity (Wildman–Crippen MR) is 94.1 cm³/mol. The average Bonchev–Trinajstić information content (AvgIpc) is 2.61. The number of anilines is 1. The number of methoxy groups -OCH3 is 2. The fourth-order valence-corrected chi connectivity index (χ4v) is 2.22. The highest BCUT2D eigenvalue weighted by Gasteiger charge is 2.20. The Morgan fingerprint density at radius 2 is 1.71 bits per heavy atom. The number of carbonyl (C=O) groups is 1. The van der Waals surface area contributed by atoms with E-state index in [1.807, 2.05) is 38.1 Å². The SMILES string of the molecule is CCC(Oc1ccc(C)cc1)C(=O)Nc1ccc(OC)cc1OC. The first-order valence-corrected chi connectivity index (χ1v) is 7.83. The minimum atomic E-state index is -0.584. The van der Waals surface area contributed by atoms with Crippen LogP contribution in [0.3, 0.4) is 0 Å². The van der Waals surface area contributed by atoms with Gasteiger partial charge in [-0.15, -0.1) is 0 Å². The number of hydrogen-bond acceptors (Lipinski definition) is 4. The first kappa shape index (κ1) is 17.7. The van der Waals surface area contributed by atoms with Gasteiger partial charge in [0.2, 0.25) is 0 Å². The maximum Gasteiger partial charge on any atom is 0.265 e. The monoisotopic (exact) mass is 329 g/mol. The number of benzene rings is 2. The molecule has 0 saturated carbocycles. The van der Waals surface area contributed by atoms with Crippen molar-refractivity contribution in [2.45, 2.75) is 26.4 Å². The smallest absolute Gasteiger partial charge is 0.265 e. The summed E-state index contributed by atoms with van der Waals surface area (Å²) in [6.07, 6.45) is -0.0300. The van der Waals surface area contributed by atoms with Crippen LogP contribution in [0.15, 0.2) is 42.5 Å². The Morgan fingerprint density at radius 3 is 2.29 bits per heavy atom. The molecule has 5 nitrogen and oxygen atoms in total. The fraction of sp³-hybridized carbons (Fsp3) is 0.316. The second kappa shape index (κ2) is 8.24. The van der Waals surface area contributed by atoms with Gasteiger partial charge in [-0.25, -0.2) is 0 Å². The molecule has 2 aromatic rings. The Kier molecular flexibility index (Phi) is 6.07. The molecule has 0 aromatic heterocycles. The van der Waals surface area contributed by atoms with Crippen LogP contribution in [-0.4, -0.2) is 26.2 Å². The number of hydrogen-bond donors (Lipinski definition) is 1. The van der Waals surface area contributed by atoms with E-state index in [1.54, 1.807) is 32.4 Å². The second-order valence-corrected chi connectivity index (χ2v) is 5.38. The summed E-state index contributed by atoms with van der Waals surface area (Å²) in [7, 11) is 3.13. The molecular weight excluding hydrogens is 306 g/mol. The van der Waals surface area contributed by atoms with Crippen molar-refractivity contribution >= 4 is 11.6 Å². The van der Waals surface area contributed by atoms with Crippen molar-refractivity contribution in [2.75, 3.05) is 19.5 Å². The van der Waals surface area contributed by atoms with Gasteiger partial charge in [-0.1, -0.05) is 24.6 Å². The Morgan fingerprint density at radius 1 is 1.04 bits per heavy atom. The average molecular weight is 329 g/mol. The summed E-state index contributed by atoms with van der Waals surface area (Å²) in [5.41, 5.74) is 1.72. The molecule has 0 heterocycles. The van der Waals surface area contributed by atoms with Gasteiger partial charge in [-0.2, -0.15) is 0 Å². The molecule has 128 valence electrons. The van der Waals surface area contributed by atoms with Crippen molar-refractivity contribution < 1.29 is 19.0 Å². The lowest BCUT2D eigenvalue weighted by Gasteiger charge is -2.18. The summed E-state index contributed by atoms with van der Waals surface area (Å²) in [6, 6.07) is 12.9. The molecule has 5 heteroatoms. The van der Waals surface area contributed by atoms with Crippen molar-refractivity contribution in [3.63, 3.8) is 0 Å². The van der Waals surface area contributed by atoms with E-state index in [4.69, 9.17) is 14.2 Å². The summed E-state index contributed by atoms with van der Waals surface area (Å²) in [6.45, 7) is 3.91. The first-order chi connectivity index (χ1) is 11.6. The third kappa shape index (κ3) is 4.41. The van der Waals surface area contributed by atoms with Gasteiger partial charge in [0.1, 0.15) is 17.2 Å². The van der Waals surface area contributed by atoms with E-state index < -0.39 is 6.10 Å². The summed E-state index contributed by atoms with van der Waals surface area (Å²) in [4.78, 5) is 12.5. The van der Waals surface area contributed by atoms with Gasteiger partial charge in [-0.05, 0) is 37.6 Å². The maximum atomic E-state index is 12.5. The van der Waals surface area contributed by atoms with Crippen LogP contribution in [0.25, 0.3) is 0 Å². The van der Waals surface area contributed by atoms with Crippen molar-refractivity contribution in [1.82, 2.24) is 0 Å². The van der Waals surface area contributed by atoms with E-state index in [9.17, 15) is 4.79 Å². The molecule has 0 bridgehead atoms. The van der Waals surface area contributed by atoms with Crippen molar-refractivity contribution in [2.24, 2.45) is 0 Å². The van der Waals surface area contributed by atoms with E-state index in [-0.39, 0.29) is 5.91 Å². The Balaban J connectivity index is 2.10. The standard InChI is InChI=1S/C19H23NO4/c1-5-17(24-14-8-6-13(2)7-9-14)19(21)20-16-11-10-15(22-3)12-18(16)23-4/h6-12,17H,5H2,1-4H3,(H,20,21). The predicted octanol–water partition coefficient (Wildman–Crippen LogP) is 3.81. The summed E-state index contributed by atoms with van der Waals surface area (Å²) in [5, 5.41) is 2.85.